The molecule has 5 aromatic carbocycles. The van der Waals surface area contributed by atoms with Crippen LogP contribution in [-0.2, 0) is 29.7 Å². The second-order valence-electron chi connectivity index (χ2n) is 13.0. The Bertz CT molecular complexity index is 2090. The number of nitrogens with one attached hydrogen (secondary N) is 2. The molecule has 4 atom stereocenters. The molecule has 2 heterocycles. The van der Waals surface area contributed by atoms with E-state index in [2.05, 4.69) is 58.9 Å². The van der Waals surface area contributed by atoms with Gasteiger partial charge in [-0.15, -0.1) is 0 Å². The van der Waals surface area contributed by atoms with Crippen molar-refractivity contribution in [2.75, 3.05) is 11.1 Å². The molecule has 1 aliphatic rings. The monoisotopic (exact) mass is 726 g/mol. The molecule has 53 heavy (non-hydrogen) atoms. The van der Waals surface area contributed by atoms with E-state index in [9.17, 15) is 9.90 Å². The number of carbonyl (C=O) groups excluding carboxylic acids is 1. The summed E-state index contributed by atoms with van der Waals surface area (Å²) in [4.78, 5) is 17.2. The molecule has 0 spiro atoms. The van der Waals surface area contributed by atoms with Crippen molar-refractivity contribution in [2.45, 2.75) is 43.7 Å². The maximum absolute atomic E-state index is 12.7. The van der Waals surface area contributed by atoms with Gasteiger partial charge in [0.05, 0.1) is 18.8 Å². The molecule has 7 rings (SSSR count). The summed E-state index contributed by atoms with van der Waals surface area (Å²) in [7, 11) is 1.99. The second kappa shape index (κ2) is 17.0. The Morgan fingerprint density at radius 3 is 2.28 bits per heavy atom. The Labute approximate surface area is 314 Å². The molecule has 9 nitrogen and oxygen atoms in total. The number of carbonyl (C=O) groups is 1. The number of thioether (sulfide) groups is 1. The summed E-state index contributed by atoms with van der Waals surface area (Å²) in [6.07, 6.45) is 2.91. The highest BCUT2D eigenvalue weighted by atomic mass is 32.2. The third-order valence-corrected chi connectivity index (χ3v) is 10.4. The zero-order chi connectivity index (χ0) is 36.6. The first-order valence-corrected chi connectivity index (χ1v) is 18.6. The summed E-state index contributed by atoms with van der Waals surface area (Å²) in [6, 6.07) is 40.9. The fourth-order valence-electron chi connectivity index (χ4n) is 6.24. The minimum atomic E-state index is -0.559. The molecule has 0 aliphatic carbocycles. The lowest BCUT2D eigenvalue weighted by Gasteiger charge is -2.41. The number of urea groups is 1. The van der Waals surface area contributed by atoms with Crippen LogP contribution in [0.4, 0.5) is 10.5 Å². The van der Waals surface area contributed by atoms with Gasteiger partial charge in [0, 0.05) is 48.9 Å². The van der Waals surface area contributed by atoms with Gasteiger partial charge in [0.15, 0.2) is 11.4 Å². The van der Waals surface area contributed by atoms with E-state index in [0.717, 1.165) is 50.0 Å². The van der Waals surface area contributed by atoms with Crippen LogP contribution in [0.2, 0.25) is 0 Å². The van der Waals surface area contributed by atoms with Crippen molar-refractivity contribution in [3.05, 3.63) is 162 Å². The number of imidazole rings is 1. The number of aryl methyl sites for hydroxylation is 1. The first-order valence-electron chi connectivity index (χ1n) is 17.6. The summed E-state index contributed by atoms with van der Waals surface area (Å²) in [5.41, 5.74) is 6.57. The van der Waals surface area contributed by atoms with Crippen LogP contribution in [0, 0.1) is 5.92 Å². The summed E-state index contributed by atoms with van der Waals surface area (Å²) in [5.74, 6) is 2.25. The minimum Gasteiger partial charge on any atom is -0.457 e. The third-order valence-electron chi connectivity index (χ3n) is 9.26. The van der Waals surface area contributed by atoms with Gasteiger partial charge < -0.3 is 34.5 Å². The Hall–Kier alpha value is -5.39. The van der Waals surface area contributed by atoms with E-state index in [0.29, 0.717) is 18.0 Å². The zero-order valence-electron chi connectivity index (χ0n) is 29.6. The van der Waals surface area contributed by atoms with Crippen molar-refractivity contribution in [1.82, 2.24) is 14.9 Å². The minimum absolute atomic E-state index is 0.00126. The molecule has 270 valence electrons. The van der Waals surface area contributed by atoms with Crippen molar-refractivity contribution in [1.29, 1.82) is 0 Å². The number of aliphatic hydroxyl groups is 1. The van der Waals surface area contributed by atoms with Crippen LogP contribution in [0.5, 0.6) is 11.5 Å². The lowest BCUT2D eigenvalue weighted by atomic mass is 9.91. The average molecular weight is 727 g/mol. The highest BCUT2D eigenvalue weighted by Gasteiger charge is 2.38. The van der Waals surface area contributed by atoms with Gasteiger partial charge in [-0.25, -0.2) is 9.78 Å². The largest absolute Gasteiger partial charge is 0.457 e. The Kier molecular flexibility index (Phi) is 11.5. The quantitative estimate of drug-likeness (QED) is 0.108. The molecular formula is C43H42N4O5S. The van der Waals surface area contributed by atoms with Crippen molar-refractivity contribution < 1.29 is 24.1 Å². The van der Waals surface area contributed by atoms with E-state index >= 15 is 0 Å². The van der Waals surface area contributed by atoms with Gasteiger partial charge in [0.2, 0.25) is 0 Å². The number of hydrogen-bond donors (Lipinski definition) is 3. The van der Waals surface area contributed by atoms with E-state index in [-0.39, 0.29) is 30.8 Å². The van der Waals surface area contributed by atoms with E-state index in [1.54, 1.807) is 18.0 Å². The number of anilines is 1. The fourth-order valence-corrected chi connectivity index (χ4v) is 7.34. The normalized spacial score (nSPS) is 18.3. The molecule has 0 bridgehead atoms. The lowest BCUT2D eigenvalue weighted by Crippen LogP contribution is -2.38. The molecule has 10 heteroatoms. The van der Waals surface area contributed by atoms with Crippen LogP contribution >= 0.6 is 11.8 Å². The predicted molar refractivity (Wildman–Crippen MR) is 208 cm³/mol. The molecule has 0 radical (unpaired) electrons. The van der Waals surface area contributed by atoms with Crippen molar-refractivity contribution in [2.24, 2.45) is 13.0 Å². The first kappa shape index (κ1) is 36.0. The van der Waals surface area contributed by atoms with Crippen LogP contribution in [0.3, 0.4) is 0 Å². The molecule has 2 amide bonds. The Morgan fingerprint density at radius 1 is 0.830 bits per heavy atom. The average Bonchev–Trinajstić information content (AvgIpc) is 3.62. The van der Waals surface area contributed by atoms with E-state index in [1.807, 2.05) is 109 Å². The molecule has 1 aromatic heterocycles. The van der Waals surface area contributed by atoms with Crippen LogP contribution in [0.15, 0.2) is 145 Å². The third kappa shape index (κ3) is 9.16. The van der Waals surface area contributed by atoms with E-state index in [1.165, 1.54) is 0 Å². The molecule has 1 saturated heterocycles. The van der Waals surface area contributed by atoms with Gasteiger partial charge in [0.1, 0.15) is 11.5 Å². The number of hydrogen-bond acceptors (Lipinski definition) is 7. The highest BCUT2D eigenvalue weighted by molar-refractivity contribution is 7.99. The maximum Gasteiger partial charge on any atom is 0.319 e. The maximum atomic E-state index is 12.7. The lowest BCUT2D eigenvalue weighted by molar-refractivity contribution is -0.268. The molecule has 4 unspecified atom stereocenters. The smallest absolute Gasteiger partial charge is 0.319 e. The zero-order valence-corrected chi connectivity index (χ0v) is 30.4. The second-order valence-corrected chi connectivity index (χ2v) is 14.0. The van der Waals surface area contributed by atoms with Gasteiger partial charge in [-0.05, 0) is 70.3 Å². The van der Waals surface area contributed by atoms with E-state index < -0.39 is 6.29 Å². The molecule has 1 aliphatic heterocycles. The molecule has 6 aromatic rings. The number of amides is 2. The van der Waals surface area contributed by atoms with E-state index in [4.69, 9.17) is 14.2 Å². The molecule has 1 fully saturated rings. The predicted octanol–water partition coefficient (Wildman–Crippen LogP) is 9.28. The topological polar surface area (TPSA) is 107 Å². The number of nitrogens with zero attached hydrogens (tertiary/aromatic N) is 2. The Balaban J connectivity index is 0.985. The van der Waals surface area contributed by atoms with Crippen LogP contribution in [0.1, 0.15) is 41.6 Å². The van der Waals surface area contributed by atoms with Crippen molar-refractivity contribution in [3.63, 3.8) is 0 Å². The number of benzene rings is 5. The van der Waals surface area contributed by atoms with Gasteiger partial charge >= 0.3 is 6.03 Å². The first-order chi connectivity index (χ1) is 25.9. The van der Waals surface area contributed by atoms with Crippen LogP contribution in [-0.4, -0.2) is 32.5 Å². The standard InChI is InChI=1S/C43H42N4O5S/c1-29-39(28-53-43-44-23-24-47(43)2)51-41(52-40(29)33-13-11-30(27-48)12-14-33)34-17-15-32(16-18-34)35-8-6-7-31(25-35)26-45-42(49)46-36-19-21-38(22-20-36)50-37-9-4-3-5-10-37/h3-25,29,39-41,48H,26-28H2,1-2H3,(H2,45,46,49). The fraction of sp³-hybridized carbons (Fsp3) is 0.209. The molecular weight excluding hydrogens is 685 g/mol. The molecule has 0 saturated carbocycles. The Morgan fingerprint density at radius 2 is 1.57 bits per heavy atom. The van der Waals surface area contributed by atoms with Gasteiger partial charge in [0.25, 0.3) is 0 Å². The highest BCUT2D eigenvalue weighted by Crippen LogP contribution is 2.43. The number of para-hydroxylation sites is 1. The van der Waals surface area contributed by atoms with Gasteiger partial charge in [-0.3, -0.25) is 0 Å². The number of aromatic nitrogens is 2. The summed E-state index contributed by atoms with van der Waals surface area (Å²) in [6.45, 7) is 2.53. The number of ether oxygens (including phenoxy) is 3. The van der Waals surface area contributed by atoms with Crippen LogP contribution < -0.4 is 15.4 Å². The summed E-state index contributed by atoms with van der Waals surface area (Å²) >= 11 is 1.68. The molecule has 3 N–H and O–H groups in total. The van der Waals surface area contributed by atoms with Crippen molar-refractivity contribution in [3.8, 4) is 22.6 Å². The van der Waals surface area contributed by atoms with Gasteiger partial charge in [-0.2, -0.15) is 0 Å². The SMILES string of the molecule is CC1C(CSc2nccn2C)OC(c2ccc(-c3cccc(CNC(=O)Nc4ccc(Oc5ccccc5)cc4)c3)cc2)OC1c1ccc(CO)cc1. The van der Waals surface area contributed by atoms with Crippen LogP contribution in [0.25, 0.3) is 11.1 Å². The number of rotatable bonds is 12. The number of aliphatic hydroxyl groups excluding tert-OH is 1. The van der Waals surface area contributed by atoms with Crippen molar-refractivity contribution >= 4 is 23.5 Å². The van der Waals surface area contributed by atoms with Gasteiger partial charge in [-0.1, -0.05) is 104 Å². The summed E-state index contributed by atoms with van der Waals surface area (Å²) < 4.78 is 21.1. The summed E-state index contributed by atoms with van der Waals surface area (Å²) in [5, 5.41) is 16.4.